The van der Waals surface area contributed by atoms with Crippen molar-refractivity contribution in [3.63, 3.8) is 0 Å². The summed E-state index contributed by atoms with van der Waals surface area (Å²) in [6, 6.07) is 7.20. The van der Waals surface area contributed by atoms with Crippen molar-refractivity contribution in [1.29, 1.82) is 0 Å². The number of nitrogens with zero attached hydrogens (tertiary/aromatic N) is 1. The zero-order valence-corrected chi connectivity index (χ0v) is 12.5. The van der Waals surface area contributed by atoms with Crippen LogP contribution in [0, 0.1) is 0 Å². The van der Waals surface area contributed by atoms with Crippen LogP contribution in [0.2, 0.25) is 0 Å². The molecule has 0 radical (unpaired) electrons. The number of hydrogen-bond donors (Lipinski definition) is 2. The van der Waals surface area contributed by atoms with Crippen molar-refractivity contribution in [2.75, 3.05) is 31.3 Å². The number of carbonyl (C=O) groups excluding carboxylic acids is 1. The Labute approximate surface area is 123 Å². The molecule has 0 bridgehead atoms. The largest absolute Gasteiger partial charge is 0.388 e. The number of aliphatic hydroxyl groups excluding tert-OH is 1. The van der Waals surface area contributed by atoms with E-state index in [1.165, 1.54) is 0 Å². The first-order valence-corrected chi connectivity index (χ1v) is 7.85. The Balaban J connectivity index is 2.05. The third-order valence-electron chi connectivity index (χ3n) is 3.34. The van der Waals surface area contributed by atoms with Gasteiger partial charge in [-0.05, 0) is 31.4 Å². The number of rotatable bonds is 4. The molecule has 1 saturated heterocycles. The topological polar surface area (TPSA) is 61.8 Å². The van der Waals surface area contributed by atoms with Gasteiger partial charge < -0.3 is 20.1 Å². The summed E-state index contributed by atoms with van der Waals surface area (Å²) in [5.74, 6) is 0. The summed E-state index contributed by atoms with van der Waals surface area (Å²) in [7, 11) is 0. The lowest BCUT2D eigenvalue weighted by Crippen LogP contribution is -2.48. The number of likely N-dealkylation sites (N-methyl/N-ethyl adjacent to an activating group) is 1. The van der Waals surface area contributed by atoms with E-state index in [2.05, 4.69) is 5.32 Å². The Morgan fingerprint density at radius 3 is 2.95 bits per heavy atom. The fourth-order valence-electron chi connectivity index (χ4n) is 2.25. The van der Waals surface area contributed by atoms with E-state index in [1.54, 1.807) is 16.7 Å². The van der Waals surface area contributed by atoms with Gasteiger partial charge in [-0.15, -0.1) is 11.8 Å². The third-order valence-corrected chi connectivity index (χ3v) is 4.07. The lowest BCUT2D eigenvalue weighted by atomic mass is 10.2. The fraction of sp³-hybridized carbons (Fsp3) is 0.500. The van der Waals surface area contributed by atoms with Gasteiger partial charge >= 0.3 is 6.03 Å². The van der Waals surface area contributed by atoms with Gasteiger partial charge in [0.1, 0.15) is 0 Å². The highest BCUT2D eigenvalue weighted by molar-refractivity contribution is 7.98. The quantitative estimate of drug-likeness (QED) is 0.835. The van der Waals surface area contributed by atoms with Crippen molar-refractivity contribution < 1.29 is 14.6 Å². The van der Waals surface area contributed by atoms with Gasteiger partial charge in [0, 0.05) is 17.1 Å². The number of urea groups is 1. The lowest BCUT2D eigenvalue weighted by molar-refractivity contribution is 0.1000. The van der Waals surface area contributed by atoms with E-state index in [0.29, 0.717) is 13.2 Å². The van der Waals surface area contributed by atoms with Crippen LogP contribution < -0.4 is 5.32 Å². The summed E-state index contributed by atoms with van der Waals surface area (Å²) >= 11 is 1.63. The molecule has 5 nitrogen and oxygen atoms in total. The van der Waals surface area contributed by atoms with Crippen LogP contribution in [0.5, 0.6) is 0 Å². The highest BCUT2D eigenvalue weighted by Crippen LogP contribution is 2.20. The Hall–Kier alpha value is -1.24. The Kier molecular flexibility index (Phi) is 5.28. The molecule has 2 atom stereocenters. The molecule has 0 saturated carbocycles. The van der Waals surface area contributed by atoms with E-state index in [4.69, 9.17) is 4.74 Å². The second-order valence-electron chi connectivity index (χ2n) is 4.62. The van der Waals surface area contributed by atoms with Gasteiger partial charge in [0.2, 0.25) is 0 Å². The van der Waals surface area contributed by atoms with Gasteiger partial charge in [0.05, 0.1) is 25.4 Å². The second-order valence-corrected chi connectivity index (χ2v) is 5.50. The first kappa shape index (κ1) is 15.2. The molecule has 20 heavy (non-hydrogen) atoms. The minimum absolute atomic E-state index is 0.208. The second kappa shape index (κ2) is 6.97. The van der Waals surface area contributed by atoms with Crippen LogP contribution in [0.4, 0.5) is 10.5 Å². The van der Waals surface area contributed by atoms with Crippen molar-refractivity contribution in [3.8, 4) is 0 Å². The summed E-state index contributed by atoms with van der Waals surface area (Å²) in [5.41, 5.74) is 0.758. The number of amides is 2. The predicted molar refractivity (Wildman–Crippen MR) is 80.2 cm³/mol. The zero-order chi connectivity index (χ0) is 14.5. The lowest BCUT2D eigenvalue weighted by Gasteiger charge is -2.28. The normalized spacial score (nSPS) is 21.8. The summed E-state index contributed by atoms with van der Waals surface area (Å²) in [6.07, 6.45) is 1.38. The first-order chi connectivity index (χ1) is 9.65. The molecule has 0 aromatic heterocycles. The van der Waals surface area contributed by atoms with Crippen molar-refractivity contribution in [1.82, 2.24) is 4.90 Å². The monoisotopic (exact) mass is 296 g/mol. The highest BCUT2D eigenvalue weighted by atomic mass is 32.2. The maximum absolute atomic E-state index is 12.3. The number of hydrogen-bond acceptors (Lipinski definition) is 4. The summed E-state index contributed by atoms with van der Waals surface area (Å²) in [5, 5.41) is 12.7. The predicted octanol–water partition coefficient (Wildman–Crippen LogP) is 2.02. The molecular weight excluding hydrogens is 276 g/mol. The molecule has 2 N–H and O–H groups in total. The molecule has 0 spiro atoms. The molecule has 2 amide bonds. The molecular formula is C14H20N2O3S. The van der Waals surface area contributed by atoms with E-state index >= 15 is 0 Å². The van der Waals surface area contributed by atoms with Crippen LogP contribution in [0.1, 0.15) is 6.92 Å². The van der Waals surface area contributed by atoms with E-state index in [0.717, 1.165) is 10.6 Å². The highest BCUT2D eigenvalue weighted by Gasteiger charge is 2.33. The molecule has 1 aromatic rings. The van der Waals surface area contributed by atoms with Gasteiger partial charge in [-0.1, -0.05) is 6.07 Å². The summed E-state index contributed by atoms with van der Waals surface area (Å²) in [6.45, 7) is 3.09. The molecule has 6 heteroatoms. The minimum atomic E-state index is -0.613. The number of anilines is 1. The Morgan fingerprint density at radius 1 is 1.55 bits per heavy atom. The van der Waals surface area contributed by atoms with Gasteiger partial charge in [-0.2, -0.15) is 0 Å². The smallest absolute Gasteiger partial charge is 0.322 e. The Bertz CT molecular complexity index is 469. The number of aliphatic hydroxyl groups is 1. The average Bonchev–Trinajstić information content (AvgIpc) is 2.86. The van der Waals surface area contributed by atoms with Crippen LogP contribution >= 0.6 is 11.8 Å². The van der Waals surface area contributed by atoms with Crippen LogP contribution in [0.3, 0.4) is 0 Å². The third kappa shape index (κ3) is 3.45. The van der Waals surface area contributed by atoms with Crippen LogP contribution in [0.25, 0.3) is 0 Å². The van der Waals surface area contributed by atoms with E-state index in [9.17, 15) is 9.90 Å². The van der Waals surface area contributed by atoms with E-state index in [-0.39, 0.29) is 18.7 Å². The molecule has 1 aromatic carbocycles. The van der Waals surface area contributed by atoms with E-state index in [1.807, 2.05) is 37.4 Å². The number of carbonyl (C=O) groups is 1. The molecule has 0 aliphatic carbocycles. The number of ether oxygens (including phenoxy) is 1. The van der Waals surface area contributed by atoms with Crippen molar-refractivity contribution in [2.45, 2.75) is 24.0 Å². The fourth-order valence-corrected chi connectivity index (χ4v) is 2.71. The minimum Gasteiger partial charge on any atom is -0.388 e. The van der Waals surface area contributed by atoms with Gasteiger partial charge in [-0.25, -0.2) is 4.79 Å². The maximum atomic E-state index is 12.3. The molecule has 1 heterocycles. The number of thioether (sulfide) groups is 1. The van der Waals surface area contributed by atoms with Crippen molar-refractivity contribution in [3.05, 3.63) is 24.3 Å². The first-order valence-electron chi connectivity index (χ1n) is 6.63. The van der Waals surface area contributed by atoms with Crippen LogP contribution in [-0.2, 0) is 4.74 Å². The molecule has 1 aliphatic rings. The van der Waals surface area contributed by atoms with Gasteiger partial charge in [-0.3, -0.25) is 0 Å². The van der Waals surface area contributed by atoms with E-state index < -0.39 is 6.10 Å². The van der Waals surface area contributed by atoms with Crippen LogP contribution in [0.15, 0.2) is 29.2 Å². The van der Waals surface area contributed by atoms with Crippen LogP contribution in [-0.4, -0.2) is 54.2 Å². The zero-order valence-electron chi connectivity index (χ0n) is 11.7. The molecule has 2 rings (SSSR count). The molecule has 0 unspecified atom stereocenters. The van der Waals surface area contributed by atoms with Gasteiger partial charge in [0.15, 0.2) is 0 Å². The molecule has 110 valence electrons. The molecule has 1 aliphatic heterocycles. The standard InChI is InChI=1S/C14H20N2O3S/c1-3-16(12-8-19-9-13(12)17)14(18)15-10-5-4-6-11(7-10)20-2/h4-7,12-13,17H,3,8-9H2,1-2H3,(H,15,18)/t12-,13-/m1/s1. The number of benzene rings is 1. The van der Waals surface area contributed by atoms with Crippen molar-refractivity contribution in [2.24, 2.45) is 0 Å². The van der Waals surface area contributed by atoms with Gasteiger partial charge in [0.25, 0.3) is 0 Å². The van der Waals surface area contributed by atoms with Crippen molar-refractivity contribution >= 4 is 23.5 Å². The summed E-state index contributed by atoms with van der Waals surface area (Å²) < 4.78 is 5.21. The number of nitrogens with one attached hydrogen (secondary N) is 1. The Morgan fingerprint density at radius 2 is 2.35 bits per heavy atom. The average molecular weight is 296 g/mol. The summed E-state index contributed by atoms with van der Waals surface area (Å²) in [4.78, 5) is 15.0. The SMILES string of the molecule is CCN(C(=O)Nc1cccc(SC)c1)[C@@H]1COC[C@H]1O. The molecule has 1 fully saturated rings. The maximum Gasteiger partial charge on any atom is 0.322 e.